The largest absolute Gasteiger partial charge is 0.507 e. The molecule has 29 heavy (non-hydrogen) atoms. The van der Waals surface area contributed by atoms with Gasteiger partial charge >= 0.3 is 0 Å². The molecule has 3 heterocycles. The highest BCUT2D eigenvalue weighted by molar-refractivity contribution is 6.46. The van der Waals surface area contributed by atoms with E-state index in [1.54, 1.807) is 24.3 Å². The van der Waals surface area contributed by atoms with Crippen molar-refractivity contribution in [2.45, 2.75) is 26.4 Å². The van der Waals surface area contributed by atoms with Crippen molar-refractivity contribution in [1.82, 2.24) is 9.88 Å². The minimum Gasteiger partial charge on any atom is -0.507 e. The van der Waals surface area contributed by atoms with Crippen LogP contribution in [0.4, 0.5) is 0 Å². The highest BCUT2D eigenvalue weighted by Crippen LogP contribution is 2.40. The smallest absolute Gasteiger partial charge is 0.296 e. The van der Waals surface area contributed by atoms with E-state index in [9.17, 15) is 14.7 Å². The number of hydrogen-bond acceptors (Lipinski definition) is 5. The molecule has 4 rings (SSSR count). The SMILES string of the molecule is Cc1ccc(C)c(CN2C(=O)C(=O)/C(=C(\O)c3ccncc3)C2c2ccco2)c1. The molecule has 1 aromatic carbocycles. The molecule has 2 aromatic heterocycles. The summed E-state index contributed by atoms with van der Waals surface area (Å²) in [5.41, 5.74) is 3.45. The first-order valence-corrected chi connectivity index (χ1v) is 9.25. The summed E-state index contributed by atoms with van der Waals surface area (Å²) in [5, 5.41) is 10.9. The molecule has 1 aliphatic rings. The van der Waals surface area contributed by atoms with Gasteiger partial charge in [-0.05, 0) is 49.2 Å². The first-order valence-electron chi connectivity index (χ1n) is 9.25. The average Bonchev–Trinajstić information content (AvgIpc) is 3.33. The van der Waals surface area contributed by atoms with Gasteiger partial charge in [0.2, 0.25) is 0 Å². The summed E-state index contributed by atoms with van der Waals surface area (Å²) in [7, 11) is 0. The quantitative estimate of drug-likeness (QED) is 0.416. The number of carbonyl (C=O) groups is 2. The third-order valence-electron chi connectivity index (χ3n) is 5.15. The molecule has 1 atom stereocenters. The first kappa shape index (κ1) is 18.7. The topological polar surface area (TPSA) is 83.6 Å². The molecular formula is C23H20N2O4. The molecular weight excluding hydrogens is 368 g/mol. The van der Waals surface area contributed by atoms with Crippen LogP contribution in [-0.2, 0) is 16.1 Å². The Morgan fingerprint density at radius 1 is 1.14 bits per heavy atom. The molecule has 1 saturated heterocycles. The van der Waals surface area contributed by atoms with Gasteiger partial charge in [-0.2, -0.15) is 0 Å². The molecule has 1 unspecified atom stereocenters. The first-order chi connectivity index (χ1) is 14.0. The predicted molar refractivity (Wildman–Crippen MR) is 107 cm³/mol. The Morgan fingerprint density at radius 3 is 2.59 bits per heavy atom. The molecule has 3 aromatic rings. The second-order valence-corrected chi connectivity index (χ2v) is 7.11. The molecule has 0 spiro atoms. The summed E-state index contributed by atoms with van der Waals surface area (Å²) in [6.07, 6.45) is 4.52. The van der Waals surface area contributed by atoms with E-state index in [-0.39, 0.29) is 17.9 Å². The van der Waals surface area contributed by atoms with E-state index in [1.165, 1.54) is 23.6 Å². The van der Waals surface area contributed by atoms with E-state index in [4.69, 9.17) is 4.42 Å². The van der Waals surface area contributed by atoms with Crippen LogP contribution in [0.25, 0.3) is 5.76 Å². The molecule has 0 radical (unpaired) electrons. The van der Waals surface area contributed by atoms with Gasteiger partial charge in [0.25, 0.3) is 11.7 Å². The van der Waals surface area contributed by atoms with Gasteiger partial charge in [-0.25, -0.2) is 0 Å². The lowest BCUT2D eigenvalue weighted by Gasteiger charge is -2.24. The van der Waals surface area contributed by atoms with E-state index in [0.29, 0.717) is 11.3 Å². The van der Waals surface area contributed by atoms with Crippen LogP contribution in [0.3, 0.4) is 0 Å². The maximum absolute atomic E-state index is 12.9. The standard InChI is InChI=1S/C23H20N2O4/c1-14-5-6-15(2)17(12-14)13-25-20(18-4-3-11-29-18)19(22(27)23(25)28)21(26)16-7-9-24-10-8-16/h3-12,20,26H,13H2,1-2H3/b21-19-. The average molecular weight is 388 g/mol. The zero-order valence-electron chi connectivity index (χ0n) is 16.1. The number of aliphatic hydroxyl groups excluding tert-OH is 1. The van der Waals surface area contributed by atoms with Gasteiger partial charge < -0.3 is 14.4 Å². The van der Waals surface area contributed by atoms with Gasteiger partial charge in [-0.15, -0.1) is 0 Å². The van der Waals surface area contributed by atoms with Crippen LogP contribution in [0.15, 0.2) is 71.1 Å². The van der Waals surface area contributed by atoms with E-state index in [2.05, 4.69) is 4.98 Å². The number of furan rings is 1. The molecule has 0 saturated carbocycles. The third kappa shape index (κ3) is 3.33. The van der Waals surface area contributed by atoms with Crippen LogP contribution in [0.5, 0.6) is 0 Å². The molecule has 6 nitrogen and oxygen atoms in total. The lowest BCUT2D eigenvalue weighted by Crippen LogP contribution is -2.29. The fourth-order valence-electron chi connectivity index (χ4n) is 3.61. The Labute approximate surface area is 168 Å². The van der Waals surface area contributed by atoms with Crippen LogP contribution in [0, 0.1) is 13.8 Å². The van der Waals surface area contributed by atoms with Gasteiger partial charge in [0, 0.05) is 24.5 Å². The number of amides is 1. The zero-order valence-corrected chi connectivity index (χ0v) is 16.1. The van der Waals surface area contributed by atoms with Crippen LogP contribution in [0.2, 0.25) is 0 Å². The minimum atomic E-state index is -0.807. The molecule has 0 bridgehead atoms. The van der Waals surface area contributed by atoms with Crippen molar-refractivity contribution in [2.24, 2.45) is 0 Å². The monoisotopic (exact) mass is 388 g/mol. The Morgan fingerprint density at radius 2 is 1.90 bits per heavy atom. The molecule has 1 aliphatic heterocycles. The van der Waals surface area contributed by atoms with Crippen molar-refractivity contribution in [3.05, 3.63) is 94.7 Å². The third-order valence-corrected chi connectivity index (χ3v) is 5.15. The fourth-order valence-corrected chi connectivity index (χ4v) is 3.61. The van der Waals surface area contributed by atoms with Crippen LogP contribution in [0.1, 0.15) is 34.1 Å². The molecule has 1 amide bonds. The molecule has 0 aliphatic carbocycles. The number of ketones is 1. The highest BCUT2D eigenvalue weighted by Gasteiger charge is 2.47. The number of aliphatic hydroxyl groups is 1. The lowest BCUT2D eigenvalue weighted by atomic mass is 9.99. The van der Waals surface area contributed by atoms with Gasteiger partial charge in [0.1, 0.15) is 17.6 Å². The number of Topliss-reactive ketones (excluding diaryl/α,β-unsaturated/α-hetero) is 1. The summed E-state index contributed by atoms with van der Waals surface area (Å²) in [5.74, 6) is -1.21. The Kier molecular flexibility index (Phi) is 4.76. The van der Waals surface area contributed by atoms with E-state index >= 15 is 0 Å². The fraction of sp³-hybridized carbons (Fsp3) is 0.174. The maximum Gasteiger partial charge on any atom is 0.296 e. The van der Waals surface area contributed by atoms with Crippen LogP contribution >= 0.6 is 0 Å². The molecule has 1 fully saturated rings. The normalized spacial score (nSPS) is 18.4. The summed E-state index contributed by atoms with van der Waals surface area (Å²) in [4.78, 5) is 31.2. The van der Waals surface area contributed by atoms with Gasteiger partial charge in [0.05, 0.1) is 11.8 Å². The number of aromatic nitrogens is 1. The van der Waals surface area contributed by atoms with Crippen molar-refractivity contribution in [2.75, 3.05) is 0 Å². The molecule has 146 valence electrons. The summed E-state index contributed by atoms with van der Waals surface area (Å²) in [6, 6.07) is 11.8. The summed E-state index contributed by atoms with van der Waals surface area (Å²) < 4.78 is 5.55. The second kappa shape index (κ2) is 7.39. The summed E-state index contributed by atoms with van der Waals surface area (Å²) in [6.45, 7) is 4.17. The molecule has 6 heteroatoms. The number of nitrogens with zero attached hydrogens (tertiary/aromatic N) is 2. The number of pyridine rings is 1. The van der Waals surface area contributed by atoms with Crippen molar-refractivity contribution >= 4 is 17.4 Å². The van der Waals surface area contributed by atoms with Crippen molar-refractivity contribution in [3.63, 3.8) is 0 Å². The number of likely N-dealkylation sites (tertiary alicyclic amines) is 1. The Bertz CT molecular complexity index is 1100. The summed E-state index contributed by atoms with van der Waals surface area (Å²) >= 11 is 0. The van der Waals surface area contributed by atoms with Crippen LogP contribution < -0.4 is 0 Å². The van der Waals surface area contributed by atoms with Gasteiger partial charge in [-0.3, -0.25) is 14.6 Å². The number of benzene rings is 1. The van der Waals surface area contributed by atoms with Gasteiger partial charge in [0.15, 0.2) is 0 Å². The molecule has 1 N–H and O–H groups in total. The zero-order chi connectivity index (χ0) is 20.5. The number of rotatable bonds is 4. The van der Waals surface area contributed by atoms with E-state index < -0.39 is 17.7 Å². The Hall–Kier alpha value is -3.67. The van der Waals surface area contributed by atoms with Gasteiger partial charge in [-0.1, -0.05) is 23.8 Å². The lowest BCUT2D eigenvalue weighted by molar-refractivity contribution is -0.140. The predicted octanol–water partition coefficient (Wildman–Crippen LogP) is 3.91. The highest BCUT2D eigenvalue weighted by atomic mass is 16.3. The number of aryl methyl sites for hydroxylation is 2. The van der Waals surface area contributed by atoms with Crippen molar-refractivity contribution in [3.8, 4) is 0 Å². The second-order valence-electron chi connectivity index (χ2n) is 7.11. The van der Waals surface area contributed by atoms with Crippen molar-refractivity contribution < 1.29 is 19.1 Å². The van der Waals surface area contributed by atoms with E-state index in [1.807, 2.05) is 32.0 Å². The number of hydrogen-bond donors (Lipinski definition) is 1. The van der Waals surface area contributed by atoms with E-state index in [0.717, 1.165) is 16.7 Å². The Balaban J connectivity index is 1.84. The van der Waals surface area contributed by atoms with Crippen LogP contribution in [-0.4, -0.2) is 26.7 Å². The number of carbonyl (C=O) groups excluding carboxylic acids is 2. The van der Waals surface area contributed by atoms with Crippen molar-refractivity contribution in [1.29, 1.82) is 0 Å². The minimum absolute atomic E-state index is 0.0152. The maximum atomic E-state index is 12.9.